The lowest BCUT2D eigenvalue weighted by Gasteiger charge is -2.19. The van der Waals surface area contributed by atoms with Crippen LogP contribution in [0.4, 0.5) is 0 Å². The Kier molecular flexibility index (Phi) is 6.82. The van der Waals surface area contributed by atoms with Gasteiger partial charge in [-0.15, -0.1) is 0 Å². The van der Waals surface area contributed by atoms with Crippen molar-refractivity contribution in [1.29, 1.82) is 0 Å². The highest BCUT2D eigenvalue weighted by molar-refractivity contribution is 9.10. The Balaban J connectivity index is 1.85. The molecule has 1 unspecified atom stereocenters. The van der Waals surface area contributed by atoms with Gasteiger partial charge in [-0.25, -0.2) is 0 Å². The fourth-order valence-corrected chi connectivity index (χ4v) is 2.77. The van der Waals surface area contributed by atoms with Gasteiger partial charge >= 0.3 is 0 Å². The van der Waals surface area contributed by atoms with Gasteiger partial charge in [-0.2, -0.15) is 0 Å². The minimum Gasteiger partial charge on any atom is -0.497 e. The summed E-state index contributed by atoms with van der Waals surface area (Å²) < 4.78 is 6.26. The average Bonchev–Trinajstić information content (AvgIpc) is 2.55. The van der Waals surface area contributed by atoms with Crippen LogP contribution in [0.15, 0.2) is 53.0 Å². The number of nitrogens with one attached hydrogen (secondary N) is 1. The molecule has 0 aliphatic heterocycles. The lowest BCUT2D eigenvalue weighted by Crippen LogP contribution is -2.36. The number of hydrogen-bond donors (Lipinski definition) is 1. The van der Waals surface area contributed by atoms with E-state index < -0.39 is 0 Å². The molecule has 2 aromatic rings. The number of ether oxygens (including phenoxy) is 1. The van der Waals surface area contributed by atoms with E-state index in [0.717, 1.165) is 21.3 Å². The Morgan fingerprint density at radius 1 is 1.25 bits per heavy atom. The molecule has 1 N–H and O–H groups in total. The third-order valence-corrected chi connectivity index (χ3v) is 4.28. The normalized spacial score (nSPS) is 12.0. The Morgan fingerprint density at radius 2 is 1.96 bits per heavy atom. The highest BCUT2D eigenvalue weighted by Crippen LogP contribution is 2.17. The summed E-state index contributed by atoms with van der Waals surface area (Å²) in [5, 5.41) is 3.03. The van der Waals surface area contributed by atoms with Gasteiger partial charge in [0.1, 0.15) is 5.75 Å². The van der Waals surface area contributed by atoms with Gasteiger partial charge in [0.25, 0.3) is 0 Å². The first-order chi connectivity index (χ1) is 11.5. The number of nitrogens with zero attached hydrogens (tertiary/aromatic N) is 1. The van der Waals surface area contributed by atoms with Crippen LogP contribution in [-0.2, 0) is 11.3 Å². The van der Waals surface area contributed by atoms with E-state index in [1.165, 1.54) is 0 Å². The SMILES string of the molecule is COc1cccc(CN(C)CC(=O)NC(C)c2ccc(Br)cc2)c1. The molecule has 2 aromatic carbocycles. The maximum atomic E-state index is 12.2. The monoisotopic (exact) mass is 390 g/mol. The van der Waals surface area contributed by atoms with Crippen molar-refractivity contribution in [2.75, 3.05) is 20.7 Å². The van der Waals surface area contributed by atoms with Crippen molar-refractivity contribution in [3.8, 4) is 5.75 Å². The van der Waals surface area contributed by atoms with Gasteiger partial charge in [0.05, 0.1) is 19.7 Å². The molecule has 0 saturated carbocycles. The van der Waals surface area contributed by atoms with E-state index in [1.54, 1.807) is 7.11 Å². The summed E-state index contributed by atoms with van der Waals surface area (Å²) in [5.74, 6) is 0.838. The largest absolute Gasteiger partial charge is 0.497 e. The molecule has 1 atom stereocenters. The molecule has 0 heterocycles. The van der Waals surface area contributed by atoms with Crippen LogP contribution in [0.3, 0.4) is 0 Å². The zero-order valence-corrected chi connectivity index (χ0v) is 15.8. The van der Waals surface area contributed by atoms with E-state index in [-0.39, 0.29) is 11.9 Å². The number of benzene rings is 2. The number of rotatable bonds is 7. The molecular formula is C19H23BrN2O2. The van der Waals surface area contributed by atoms with Crippen LogP contribution >= 0.6 is 15.9 Å². The number of methoxy groups -OCH3 is 1. The molecule has 128 valence electrons. The second-order valence-corrected chi connectivity index (χ2v) is 6.78. The molecule has 2 rings (SSSR count). The van der Waals surface area contributed by atoms with Crippen molar-refractivity contribution in [1.82, 2.24) is 10.2 Å². The summed E-state index contributed by atoms with van der Waals surface area (Å²) in [6.45, 7) is 3.03. The quantitative estimate of drug-likeness (QED) is 0.782. The lowest BCUT2D eigenvalue weighted by molar-refractivity contribution is -0.122. The van der Waals surface area contributed by atoms with Gasteiger partial charge in [-0.1, -0.05) is 40.2 Å². The van der Waals surface area contributed by atoms with E-state index >= 15 is 0 Å². The molecule has 24 heavy (non-hydrogen) atoms. The molecular weight excluding hydrogens is 368 g/mol. The Bertz CT molecular complexity index is 673. The fourth-order valence-electron chi connectivity index (χ4n) is 2.51. The highest BCUT2D eigenvalue weighted by Gasteiger charge is 2.12. The maximum Gasteiger partial charge on any atom is 0.234 e. The van der Waals surface area contributed by atoms with E-state index in [2.05, 4.69) is 21.2 Å². The van der Waals surface area contributed by atoms with Gasteiger partial charge < -0.3 is 10.1 Å². The highest BCUT2D eigenvalue weighted by atomic mass is 79.9. The summed E-state index contributed by atoms with van der Waals surface area (Å²) in [7, 11) is 3.59. The number of amides is 1. The van der Waals surface area contributed by atoms with Crippen molar-refractivity contribution in [3.63, 3.8) is 0 Å². The first-order valence-corrected chi connectivity index (χ1v) is 8.63. The van der Waals surface area contributed by atoms with Crippen molar-refractivity contribution >= 4 is 21.8 Å². The molecule has 1 amide bonds. The number of carbonyl (C=O) groups excluding carboxylic acids is 1. The third kappa shape index (κ3) is 5.65. The topological polar surface area (TPSA) is 41.6 Å². The van der Waals surface area contributed by atoms with E-state index in [9.17, 15) is 4.79 Å². The van der Waals surface area contributed by atoms with Crippen LogP contribution in [0.25, 0.3) is 0 Å². The van der Waals surface area contributed by atoms with Crippen molar-refractivity contribution in [2.24, 2.45) is 0 Å². The average molecular weight is 391 g/mol. The Hall–Kier alpha value is -1.85. The van der Waals surface area contributed by atoms with Crippen LogP contribution in [-0.4, -0.2) is 31.5 Å². The Morgan fingerprint density at radius 3 is 2.62 bits per heavy atom. The molecule has 0 aliphatic rings. The molecule has 5 heteroatoms. The maximum absolute atomic E-state index is 12.2. The fraction of sp³-hybridized carbons (Fsp3) is 0.316. The van der Waals surface area contributed by atoms with Gasteiger partial charge in [0.2, 0.25) is 5.91 Å². The second-order valence-electron chi connectivity index (χ2n) is 5.86. The number of hydrogen-bond acceptors (Lipinski definition) is 3. The molecule has 0 fully saturated rings. The predicted octanol–water partition coefficient (Wildman–Crippen LogP) is 3.77. The molecule has 0 radical (unpaired) electrons. The lowest BCUT2D eigenvalue weighted by atomic mass is 10.1. The second kappa shape index (κ2) is 8.85. The van der Waals surface area contributed by atoms with Crippen LogP contribution in [0.1, 0.15) is 24.1 Å². The predicted molar refractivity (Wildman–Crippen MR) is 100 cm³/mol. The molecule has 4 nitrogen and oxygen atoms in total. The van der Waals surface area contributed by atoms with Crippen LogP contribution in [0, 0.1) is 0 Å². The van der Waals surface area contributed by atoms with Crippen molar-refractivity contribution in [2.45, 2.75) is 19.5 Å². The standard InChI is InChI=1S/C19H23BrN2O2/c1-14(16-7-9-17(20)10-8-16)21-19(23)13-22(2)12-15-5-4-6-18(11-15)24-3/h4-11,14H,12-13H2,1-3H3,(H,21,23). The van der Waals surface area contributed by atoms with Crippen LogP contribution in [0.2, 0.25) is 0 Å². The number of carbonyl (C=O) groups is 1. The molecule has 0 saturated heterocycles. The minimum absolute atomic E-state index is 0.0100. The van der Waals surface area contributed by atoms with Gasteiger partial charge in [-0.3, -0.25) is 9.69 Å². The summed E-state index contributed by atoms with van der Waals surface area (Å²) in [4.78, 5) is 14.2. The molecule has 0 aliphatic carbocycles. The summed E-state index contributed by atoms with van der Waals surface area (Å²) >= 11 is 3.42. The van der Waals surface area contributed by atoms with Gasteiger partial charge in [0.15, 0.2) is 0 Å². The number of halogens is 1. The zero-order valence-electron chi connectivity index (χ0n) is 14.3. The molecule has 0 spiro atoms. The van der Waals surface area contributed by atoms with Crippen molar-refractivity contribution in [3.05, 3.63) is 64.1 Å². The molecule has 0 aromatic heterocycles. The van der Waals surface area contributed by atoms with E-state index in [4.69, 9.17) is 4.74 Å². The van der Waals surface area contributed by atoms with E-state index in [0.29, 0.717) is 13.1 Å². The van der Waals surface area contributed by atoms with Crippen LogP contribution < -0.4 is 10.1 Å². The minimum atomic E-state index is -0.0178. The third-order valence-electron chi connectivity index (χ3n) is 3.75. The summed E-state index contributed by atoms with van der Waals surface area (Å²) in [6, 6.07) is 15.8. The van der Waals surface area contributed by atoms with E-state index in [1.807, 2.05) is 67.4 Å². The van der Waals surface area contributed by atoms with Gasteiger partial charge in [-0.05, 0) is 49.4 Å². The smallest absolute Gasteiger partial charge is 0.234 e. The first kappa shape index (κ1) is 18.5. The Labute approximate surface area is 151 Å². The van der Waals surface area contributed by atoms with Crippen LogP contribution in [0.5, 0.6) is 5.75 Å². The number of likely N-dealkylation sites (N-methyl/N-ethyl adjacent to an activating group) is 1. The summed E-state index contributed by atoms with van der Waals surface area (Å²) in [5.41, 5.74) is 2.20. The van der Waals surface area contributed by atoms with Gasteiger partial charge in [0, 0.05) is 11.0 Å². The molecule has 0 bridgehead atoms. The zero-order chi connectivity index (χ0) is 17.5. The van der Waals surface area contributed by atoms with Crippen molar-refractivity contribution < 1.29 is 9.53 Å². The first-order valence-electron chi connectivity index (χ1n) is 7.84. The summed E-state index contributed by atoms with van der Waals surface area (Å²) in [6.07, 6.45) is 0.